The number of nitrogens with zero attached hydrogens (tertiary/aromatic N) is 2. The number of hydrogen-bond acceptors (Lipinski definition) is 4. The molecule has 2 aromatic carbocycles. The first-order chi connectivity index (χ1) is 11.5. The molecule has 0 N–H and O–H groups in total. The van der Waals surface area contributed by atoms with E-state index in [0.717, 1.165) is 11.1 Å². The van der Waals surface area contributed by atoms with Crippen molar-refractivity contribution >= 4 is 11.9 Å². The second-order valence-electron chi connectivity index (χ2n) is 5.50. The molecule has 0 bridgehead atoms. The van der Waals surface area contributed by atoms with Crippen LogP contribution < -0.4 is 0 Å². The first-order valence-electron chi connectivity index (χ1n) is 7.46. The predicted octanol–water partition coefficient (Wildman–Crippen LogP) is 2.68. The van der Waals surface area contributed by atoms with Gasteiger partial charge in [-0.3, -0.25) is 4.79 Å². The maximum absolute atomic E-state index is 12.1. The number of ether oxygens (including phenoxy) is 1. The molecule has 0 aliphatic rings. The van der Waals surface area contributed by atoms with E-state index in [1.165, 1.54) is 11.0 Å². The van der Waals surface area contributed by atoms with Crippen LogP contribution in [0.2, 0.25) is 0 Å². The summed E-state index contributed by atoms with van der Waals surface area (Å²) in [6.07, 6.45) is 0. The molecule has 0 aliphatic carbocycles. The van der Waals surface area contributed by atoms with Crippen molar-refractivity contribution in [2.24, 2.45) is 0 Å². The lowest BCUT2D eigenvalue weighted by atomic mass is 10.1. The first kappa shape index (κ1) is 17.2. The zero-order valence-corrected chi connectivity index (χ0v) is 13.7. The Balaban J connectivity index is 1.88. The molecule has 0 aliphatic heterocycles. The number of likely N-dealkylation sites (N-methyl/N-ethyl adjacent to an activating group) is 1. The normalized spacial score (nSPS) is 9.88. The van der Waals surface area contributed by atoms with Gasteiger partial charge in [0.15, 0.2) is 6.61 Å². The molecule has 0 heterocycles. The summed E-state index contributed by atoms with van der Waals surface area (Å²) in [6.45, 7) is 2.11. The second kappa shape index (κ2) is 7.93. The van der Waals surface area contributed by atoms with Crippen molar-refractivity contribution in [1.29, 1.82) is 5.26 Å². The summed E-state index contributed by atoms with van der Waals surface area (Å²) < 4.78 is 5.03. The van der Waals surface area contributed by atoms with Gasteiger partial charge in [0.25, 0.3) is 5.91 Å². The predicted molar refractivity (Wildman–Crippen MR) is 89.1 cm³/mol. The van der Waals surface area contributed by atoms with Gasteiger partial charge in [0.05, 0.1) is 17.2 Å². The Morgan fingerprint density at radius 1 is 1.17 bits per heavy atom. The van der Waals surface area contributed by atoms with Gasteiger partial charge in [0, 0.05) is 13.6 Å². The fourth-order valence-corrected chi connectivity index (χ4v) is 2.09. The van der Waals surface area contributed by atoms with Gasteiger partial charge in [-0.25, -0.2) is 4.79 Å². The Bertz CT molecular complexity index is 776. The van der Waals surface area contributed by atoms with E-state index < -0.39 is 5.97 Å². The van der Waals surface area contributed by atoms with Crippen LogP contribution in [-0.4, -0.2) is 30.4 Å². The third-order valence-electron chi connectivity index (χ3n) is 3.52. The molecular weight excluding hydrogens is 304 g/mol. The quantitative estimate of drug-likeness (QED) is 0.794. The van der Waals surface area contributed by atoms with E-state index in [1.807, 2.05) is 37.3 Å². The zero-order chi connectivity index (χ0) is 17.5. The Labute approximate surface area is 141 Å². The lowest BCUT2D eigenvalue weighted by Crippen LogP contribution is -2.30. The Hall–Kier alpha value is -3.13. The van der Waals surface area contributed by atoms with Crippen LogP contribution in [0, 0.1) is 18.3 Å². The number of benzene rings is 2. The standard InChI is InChI=1S/C19H18N2O3/c1-14-6-8-15(9-7-14)12-21(2)18(22)13-24-19(23)17-5-3-4-16(10-17)11-20/h3-10H,12-13H2,1-2H3. The highest BCUT2D eigenvalue weighted by atomic mass is 16.5. The van der Waals surface area contributed by atoms with Crippen LogP contribution in [0.4, 0.5) is 0 Å². The summed E-state index contributed by atoms with van der Waals surface area (Å²) in [7, 11) is 1.66. The van der Waals surface area contributed by atoms with Crippen molar-refractivity contribution in [3.8, 4) is 6.07 Å². The Morgan fingerprint density at radius 2 is 1.88 bits per heavy atom. The second-order valence-corrected chi connectivity index (χ2v) is 5.50. The van der Waals surface area contributed by atoms with Crippen molar-refractivity contribution < 1.29 is 14.3 Å². The van der Waals surface area contributed by atoms with Crippen molar-refractivity contribution in [3.63, 3.8) is 0 Å². The minimum absolute atomic E-state index is 0.253. The lowest BCUT2D eigenvalue weighted by molar-refractivity contribution is -0.133. The van der Waals surface area contributed by atoms with Crippen molar-refractivity contribution in [2.75, 3.05) is 13.7 Å². The molecule has 0 fully saturated rings. The van der Waals surface area contributed by atoms with Gasteiger partial charge in [-0.05, 0) is 30.7 Å². The van der Waals surface area contributed by atoms with E-state index in [4.69, 9.17) is 10.00 Å². The van der Waals surface area contributed by atoms with E-state index in [-0.39, 0.29) is 18.1 Å². The Kier molecular flexibility index (Phi) is 5.69. The molecule has 2 aromatic rings. The van der Waals surface area contributed by atoms with Crippen molar-refractivity contribution in [3.05, 3.63) is 70.8 Å². The van der Waals surface area contributed by atoms with Crippen LogP contribution in [-0.2, 0) is 16.1 Å². The number of carbonyl (C=O) groups is 2. The van der Waals surface area contributed by atoms with Crippen LogP contribution in [0.15, 0.2) is 48.5 Å². The van der Waals surface area contributed by atoms with Crippen molar-refractivity contribution in [2.45, 2.75) is 13.5 Å². The molecule has 122 valence electrons. The number of hydrogen-bond donors (Lipinski definition) is 0. The number of carbonyl (C=O) groups excluding carboxylic acids is 2. The first-order valence-corrected chi connectivity index (χ1v) is 7.46. The topological polar surface area (TPSA) is 70.4 Å². The van der Waals surface area contributed by atoms with E-state index >= 15 is 0 Å². The monoisotopic (exact) mass is 322 g/mol. The molecule has 24 heavy (non-hydrogen) atoms. The maximum atomic E-state index is 12.1. The van der Waals surface area contributed by atoms with Gasteiger partial charge in [-0.1, -0.05) is 35.9 Å². The molecule has 2 rings (SSSR count). The van der Waals surface area contributed by atoms with E-state index in [9.17, 15) is 9.59 Å². The summed E-state index contributed by atoms with van der Waals surface area (Å²) >= 11 is 0. The van der Waals surface area contributed by atoms with E-state index in [2.05, 4.69) is 0 Å². The van der Waals surface area contributed by atoms with Crippen LogP contribution in [0.1, 0.15) is 27.0 Å². The molecule has 0 spiro atoms. The molecule has 0 atom stereocenters. The highest BCUT2D eigenvalue weighted by Crippen LogP contribution is 2.08. The van der Waals surface area contributed by atoms with Crippen LogP contribution >= 0.6 is 0 Å². The molecule has 0 aromatic heterocycles. The number of esters is 1. The molecule has 0 saturated heterocycles. The third kappa shape index (κ3) is 4.68. The average Bonchev–Trinajstić information content (AvgIpc) is 2.61. The molecule has 0 unspecified atom stereocenters. The van der Waals surface area contributed by atoms with Gasteiger partial charge in [-0.2, -0.15) is 5.26 Å². The van der Waals surface area contributed by atoms with Crippen LogP contribution in [0.3, 0.4) is 0 Å². The van der Waals surface area contributed by atoms with Gasteiger partial charge in [0.2, 0.25) is 0 Å². The third-order valence-corrected chi connectivity index (χ3v) is 3.52. The minimum Gasteiger partial charge on any atom is -0.452 e. The lowest BCUT2D eigenvalue weighted by Gasteiger charge is -2.17. The smallest absolute Gasteiger partial charge is 0.338 e. The highest BCUT2D eigenvalue weighted by Gasteiger charge is 2.14. The van der Waals surface area contributed by atoms with Crippen molar-refractivity contribution in [1.82, 2.24) is 4.90 Å². The van der Waals surface area contributed by atoms with Gasteiger partial charge in [-0.15, -0.1) is 0 Å². The molecule has 0 saturated carbocycles. The van der Waals surface area contributed by atoms with E-state index in [1.54, 1.807) is 25.2 Å². The zero-order valence-electron chi connectivity index (χ0n) is 13.7. The number of nitriles is 1. The average molecular weight is 322 g/mol. The minimum atomic E-state index is -0.621. The summed E-state index contributed by atoms with van der Waals surface area (Å²) in [5.41, 5.74) is 2.78. The fraction of sp³-hybridized carbons (Fsp3) is 0.211. The summed E-state index contributed by atoms with van der Waals surface area (Å²) in [5, 5.41) is 8.83. The van der Waals surface area contributed by atoms with Gasteiger partial charge >= 0.3 is 5.97 Å². The number of amides is 1. The van der Waals surface area contributed by atoms with Crippen LogP contribution in [0.25, 0.3) is 0 Å². The maximum Gasteiger partial charge on any atom is 0.338 e. The summed E-state index contributed by atoms with van der Waals surface area (Å²) in [6, 6.07) is 16.0. The van der Waals surface area contributed by atoms with E-state index in [0.29, 0.717) is 12.1 Å². The SMILES string of the molecule is Cc1ccc(CN(C)C(=O)COC(=O)c2cccc(C#N)c2)cc1. The Morgan fingerprint density at radius 3 is 2.54 bits per heavy atom. The number of rotatable bonds is 5. The number of aryl methyl sites for hydroxylation is 1. The fourth-order valence-electron chi connectivity index (χ4n) is 2.09. The van der Waals surface area contributed by atoms with Gasteiger partial charge in [0.1, 0.15) is 0 Å². The molecule has 0 radical (unpaired) electrons. The molecule has 1 amide bonds. The molecule has 5 nitrogen and oxygen atoms in total. The highest BCUT2D eigenvalue weighted by molar-refractivity contribution is 5.91. The summed E-state index contributed by atoms with van der Waals surface area (Å²) in [5.74, 6) is -0.912. The van der Waals surface area contributed by atoms with Gasteiger partial charge < -0.3 is 9.64 Å². The largest absolute Gasteiger partial charge is 0.452 e. The molecule has 5 heteroatoms. The summed E-state index contributed by atoms with van der Waals surface area (Å²) in [4.78, 5) is 25.5. The molecular formula is C19H18N2O3. The van der Waals surface area contributed by atoms with Crippen LogP contribution in [0.5, 0.6) is 0 Å².